The minimum Gasteiger partial charge on any atom is -0.493 e. The second-order valence-electron chi connectivity index (χ2n) is 10.2. The summed E-state index contributed by atoms with van der Waals surface area (Å²) in [5.74, 6) is 1.91. The Kier molecular flexibility index (Phi) is 8.63. The third-order valence-corrected chi connectivity index (χ3v) is 7.41. The smallest absolute Gasteiger partial charge is 0.250 e. The summed E-state index contributed by atoms with van der Waals surface area (Å²) in [4.78, 5) is 30.4. The molecular weight excluding hydrogens is 516 g/mol. The number of carbonyl (C=O) groups is 2. The molecule has 1 N–H and O–H groups in total. The lowest BCUT2D eigenvalue weighted by Crippen LogP contribution is -2.49. The van der Waals surface area contributed by atoms with Gasteiger partial charge in [-0.05, 0) is 68.2 Å². The van der Waals surface area contributed by atoms with Gasteiger partial charge in [0.2, 0.25) is 11.7 Å². The molecule has 12 nitrogen and oxygen atoms in total. The highest BCUT2D eigenvalue weighted by Crippen LogP contribution is 2.31. The highest BCUT2D eigenvalue weighted by Gasteiger charge is 2.37. The van der Waals surface area contributed by atoms with Gasteiger partial charge in [0, 0.05) is 24.8 Å². The van der Waals surface area contributed by atoms with E-state index >= 15 is 0 Å². The number of rotatable bonds is 11. The highest BCUT2D eigenvalue weighted by atomic mass is 16.5. The number of nitrogens with one attached hydrogen (secondary N) is 1. The van der Waals surface area contributed by atoms with Crippen LogP contribution in [-0.2, 0) is 20.9 Å². The van der Waals surface area contributed by atoms with Gasteiger partial charge >= 0.3 is 0 Å². The van der Waals surface area contributed by atoms with Crippen LogP contribution in [0.15, 0.2) is 34.7 Å². The van der Waals surface area contributed by atoms with Crippen LogP contribution in [0.25, 0.3) is 11.4 Å². The summed E-state index contributed by atoms with van der Waals surface area (Å²) in [6, 6.07) is 7.99. The van der Waals surface area contributed by atoms with E-state index in [0.29, 0.717) is 41.0 Å². The predicted octanol–water partition coefficient (Wildman–Crippen LogP) is 3.07. The number of carbonyl (C=O) groups excluding carboxylic acids is 2. The van der Waals surface area contributed by atoms with Crippen LogP contribution < -0.4 is 14.8 Å². The summed E-state index contributed by atoms with van der Waals surface area (Å²) >= 11 is 0. The molecule has 0 radical (unpaired) electrons. The zero-order chi connectivity index (χ0) is 28.1. The van der Waals surface area contributed by atoms with E-state index in [1.807, 2.05) is 6.92 Å². The fraction of sp³-hybridized carbons (Fsp3) is 0.536. The van der Waals surface area contributed by atoms with Crippen LogP contribution in [-0.4, -0.2) is 76.4 Å². The largest absolute Gasteiger partial charge is 0.493 e. The van der Waals surface area contributed by atoms with Crippen molar-refractivity contribution in [1.29, 1.82) is 0 Å². The molecule has 1 saturated carbocycles. The monoisotopic (exact) mass is 552 g/mol. The molecule has 2 amide bonds. The summed E-state index contributed by atoms with van der Waals surface area (Å²) < 4.78 is 22.5. The molecule has 2 aromatic heterocycles. The summed E-state index contributed by atoms with van der Waals surface area (Å²) in [7, 11) is 3.11. The first kappa shape index (κ1) is 27.6. The summed E-state index contributed by atoms with van der Waals surface area (Å²) in [5.41, 5.74) is 0.660. The van der Waals surface area contributed by atoms with Crippen molar-refractivity contribution in [3.63, 3.8) is 0 Å². The quantitative estimate of drug-likeness (QED) is 0.381. The summed E-state index contributed by atoms with van der Waals surface area (Å²) in [6.45, 7) is 2.49. The SMILES string of the molecule is COc1ccc(-c2nnn(CC(=O)N(C[C@H]3CCCO3)[C@H](C(=O)NC3CCCC3)c3ccc(C)o3)n2)cc1OC. The first-order valence-electron chi connectivity index (χ1n) is 13.7. The average Bonchev–Trinajstić information content (AvgIpc) is 3.77. The van der Waals surface area contributed by atoms with Gasteiger partial charge in [0.05, 0.1) is 20.3 Å². The van der Waals surface area contributed by atoms with Crippen LogP contribution in [0.1, 0.15) is 56.1 Å². The molecule has 1 aromatic carbocycles. The molecule has 0 unspecified atom stereocenters. The average molecular weight is 553 g/mol. The summed E-state index contributed by atoms with van der Waals surface area (Å²) in [6.07, 6.45) is 5.55. The number of methoxy groups -OCH3 is 2. The van der Waals surface area contributed by atoms with Crippen molar-refractivity contribution in [2.45, 2.75) is 70.2 Å². The van der Waals surface area contributed by atoms with E-state index in [1.165, 1.54) is 9.70 Å². The molecule has 0 bridgehead atoms. The van der Waals surface area contributed by atoms with E-state index < -0.39 is 6.04 Å². The van der Waals surface area contributed by atoms with Crippen LogP contribution in [0, 0.1) is 6.92 Å². The van der Waals surface area contributed by atoms with Crippen LogP contribution >= 0.6 is 0 Å². The van der Waals surface area contributed by atoms with Gasteiger partial charge in [-0.3, -0.25) is 9.59 Å². The molecule has 5 rings (SSSR count). The van der Waals surface area contributed by atoms with Gasteiger partial charge < -0.3 is 28.8 Å². The van der Waals surface area contributed by atoms with Gasteiger partial charge in [-0.25, -0.2) is 0 Å². The van der Waals surface area contributed by atoms with Crippen molar-refractivity contribution in [2.75, 3.05) is 27.4 Å². The Morgan fingerprint density at radius 2 is 1.90 bits per heavy atom. The molecule has 12 heteroatoms. The first-order chi connectivity index (χ1) is 19.4. The molecular formula is C28H36N6O6. The third kappa shape index (κ3) is 6.27. The Morgan fingerprint density at radius 1 is 1.10 bits per heavy atom. The Balaban J connectivity index is 1.40. The van der Waals surface area contributed by atoms with Crippen molar-refractivity contribution < 1.29 is 28.2 Å². The van der Waals surface area contributed by atoms with E-state index in [2.05, 4.69) is 20.7 Å². The fourth-order valence-corrected chi connectivity index (χ4v) is 5.35. The Morgan fingerprint density at radius 3 is 2.58 bits per heavy atom. The fourth-order valence-electron chi connectivity index (χ4n) is 5.35. The van der Waals surface area contributed by atoms with Crippen LogP contribution in [0.3, 0.4) is 0 Å². The minimum atomic E-state index is -0.945. The van der Waals surface area contributed by atoms with Crippen molar-refractivity contribution in [1.82, 2.24) is 30.4 Å². The molecule has 1 aliphatic heterocycles. The van der Waals surface area contributed by atoms with Gasteiger partial charge in [0.15, 0.2) is 17.5 Å². The van der Waals surface area contributed by atoms with E-state index in [-0.39, 0.29) is 37.0 Å². The number of aryl methyl sites for hydroxylation is 1. The molecule has 2 aliphatic rings. The minimum absolute atomic E-state index is 0.0896. The number of hydrogen-bond donors (Lipinski definition) is 1. The number of aromatic nitrogens is 4. The standard InChI is InChI=1S/C28H36N6O6/c1-18-10-12-23(40-18)26(28(36)29-20-7-4-5-8-20)33(16-21-9-6-14-39-21)25(35)17-34-31-27(30-32-34)19-11-13-22(37-2)24(15-19)38-3/h10-13,15,20-21,26H,4-9,14,16-17H2,1-3H3,(H,29,36)/t21-,26+/m1/s1. The van der Waals surface area contributed by atoms with Gasteiger partial charge in [-0.15, -0.1) is 10.2 Å². The number of furan rings is 1. The number of hydrogen-bond acceptors (Lipinski definition) is 9. The molecule has 2 atom stereocenters. The Hall–Kier alpha value is -3.93. The van der Waals surface area contributed by atoms with E-state index in [1.54, 1.807) is 44.6 Å². The maximum atomic E-state index is 13.9. The molecule has 40 heavy (non-hydrogen) atoms. The lowest BCUT2D eigenvalue weighted by atomic mass is 10.1. The normalized spacial score (nSPS) is 18.0. The third-order valence-electron chi connectivity index (χ3n) is 7.41. The number of nitrogens with zero attached hydrogens (tertiary/aromatic N) is 5. The number of amides is 2. The molecule has 1 aliphatic carbocycles. The van der Waals surface area contributed by atoms with Crippen LogP contribution in [0.2, 0.25) is 0 Å². The van der Waals surface area contributed by atoms with Gasteiger partial charge in [0.1, 0.15) is 18.1 Å². The lowest BCUT2D eigenvalue weighted by Gasteiger charge is -2.32. The van der Waals surface area contributed by atoms with E-state index in [0.717, 1.165) is 38.5 Å². The van der Waals surface area contributed by atoms with Gasteiger partial charge in [-0.1, -0.05) is 12.8 Å². The molecule has 1 saturated heterocycles. The molecule has 0 spiro atoms. The predicted molar refractivity (Wildman–Crippen MR) is 144 cm³/mol. The zero-order valence-electron chi connectivity index (χ0n) is 23.2. The maximum Gasteiger partial charge on any atom is 0.250 e. The van der Waals surface area contributed by atoms with Crippen LogP contribution in [0.4, 0.5) is 0 Å². The number of benzene rings is 1. The van der Waals surface area contributed by atoms with E-state index in [4.69, 9.17) is 18.6 Å². The summed E-state index contributed by atoms with van der Waals surface area (Å²) in [5, 5.41) is 15.8. The topological polar surface area (TPSA) is 134 Å². The molecule has 2 fully saturated rings. The van der Waals surface area contributed by atoms with Crippen molar-refractivity contribution >= 4 is 11.8 Å². The highest BCUT2D eigenvalue weighted by molar-refractivity contribution is 5.88. The zero-order valence-corrected chi connectivity index (χ0v) is 23.2. The van der Waals surface area contributed by atoms with Crippen molar-refractivity contribution in [3.8, 4) is 22.9 Å². The lowest BCUT2D eigenvalue weighted by molar-refractivity contribution is -0.144. The van der Waals surface area contributed by atoms with E-state index in [9.17, 15) is 9.59 Å². The first-order valence-corrected chi connectivity index (χ1v) is 13.7. The molecule has 3 heterocycles. The van der Waals surface area contributed by atoms with Gasteiger partial charge in [0.25, 0.3) is 5.91 Å². The Bertz CT molecular complexity index is 1310. The second-order valence-corrected chi connectivity index (χ2v) is 10.2. The molecule has 214 valence electrons. The Labute approximate surface area is 232 Å². The van der Waals surface area contributed by atoms with Crippen LogP contribution in [0.5, 0.6) is 11.5 Å². The van der Waals surface area contributed by atoms with Crippen molar-refractivity contribution in [3.05, 3.63) is 41.9 Å². The second kappa shape index (κ2) is 12.5. The molecule has 3 aromatic rings. The van der Waals surface area contributed by atoms with Crippen molar-refractivity contribution in [2.24, 2.45) is 0 Å². The number of tetrazole rings is 1. The number of ether oxygens (including phenoxy) is 3. The maximum absolute atomic E-state index is 13.9. The van der Waals surface area contributed by atoms with Gasteiger partial charge in [-0.2, -0.15) is 4.80 Å².